The number of likely N-dealkylation sites (tertiary alicyclic amines) is 1. The van der Waals surface area contributed by atoms with Crippen LogP contribution in [0.5, 0.6) is 0 Å². The Bertz CT molecular complexity index is 536. The van der Waals surface area contributed by atoms with Crippen molar-refractivity contribution in [3.63, 3.8) is 0 Å². The van der Waals surface area contributed by atoms with Gasteiger partial charge in [0, 0.05) is 10.7 Å². The minimum atomic E-state index is -0.144. The van der Waals surface area contributed by atoms with Crippen LogP contribution >= 0.6 is 11.6 Å². The molecule has 0 saturated carbocycles. The van der Waals surface area contributed by atoms with E-state index < -0.39 is 0 Å². The Morgan fingerprint density at radius 1 is 1.45 bits per heavy atom. The number of halogens is 1. The fourth-order valence-corrected chi connectivity index (χ4v) is 2.96. The molecular weight excluding hydrogens is 304 g/mol. The molecule has 1 aliphatic heterocycles. The van der Waals surface area contributed by atoms with Crippen LogP contribution in [0.1, 0.15) is 19.8 Å². The summed E-state index contributed by atoms with van der Waals surface area (Å²) in [7, 11) is 0. The summed E-state index contributed by atoms with van der Waals surface area (Å²) in [6, 6.07) is 7.07. The van der Waals surface area contributed by atoms with Crippen LogP contribution < -0.4 is 10.2 Å². The molecule has 0 radical (unpaired) electrons. The van der Waals surface area contributed by atoms with Crippen molar-refractivity contribution in [2.24, 2.45) is 5.92 Å². The Morgan fingerprint density at radius 3 is 3.00 bits per heavy atom. The van der Waals surface area contributed by atoms with Crippen LogP contribution in [0.3, 0.4) is 0 Å². The number of amides is 1. The zero-order valence-corrected chi connectivity index (χ0v) is 13.5. The third-order valence-electron chi connectivity index (χ3n) is 3.76. The molecule has 2 N–H and O–H groups in total. The molecule has 6 heteroatoms. The molecule has 1 aliphatic rings. The Kier molecular flexibility index (Phi) is 6.21. The lowest BCUT2D eigenvalue weighted by atomic mass is 9.98. The highest BCUT2D eigenvalue weighted by Crippen LogP contribution is 2.14. The van der Waals surface area contributed by atoms with Gasteiger partial charge in [-0.05, 0) is 38.0 Å². The average molecular weight is 326 g/mol. The molecule has 1 aromatic rings. The molecular formula is C16H22ClN2O3+. The standard InChI is InChI=1S/C16H21ClN2O3/c1-2-22-16(21)12-5-4-8-19(10-12)11-15(20)18-14-7-3-6-13(17)9-14/h3,6-7,9,12H,2,4-5,8,10-11H2,1H3,(H,18,20)/p+1/t12-/m1/s1. The van der Waals surface area contributed by atoms with Crippen molar-refractivity contribution in [1.29, 1.82) is 0 Å². The molecule has 1 aromatic carbocycles. The Balaban J connectivity index is 1.84. The lowest BCUT2D eigenvalue weighted by molar-refractivity contribution is -0.899. The number of carbonyl (C=O) groups excluding carboxylic acids is 2. The van der Waals surface area contributed by atoms with Gasteiger partial charge in [0.05, 0.1) is 19.7 Å². The van der Waals surface area contributed by atoms with E-state index in [1.807, 2.05) is 6.92 Å². The van der Waals surface area contributed by atoms with E-state index >= 15 is 0 Å². The van der Waals surface area contributed by atoms with Crippen molar-refractivity contribution in [1.82, 2.24) is 0 Å². The van der Waals surface area contributed by atoms with Crippen molar-refractivity contribution in [3.8, 4) is 0 Å². The quantitative estimate of drug-likeness (QED) is 0.798. The molecule has 1 saturated heterocycles. The van der Waals surface area contributed by atoms with Crippen LogP contribution in [0.15, 0.2) is 24.3 Å². The number of rotatable bonds is 5. The second-order valence-electron chi connectivity index (χ2n) is 5.53. The Labute approximate surface area is 135 Å². The fourth-order valence-electron chi connectivity index (χ4n) is 2.77. The van der Waals surface area contributed by atoms with E-state index in [1.54, 1.807) is 24.3 Å². The van der Waals surface area contributed by atoms with E-state index in [1.165, 1.54) is 0 Å². The minimum absolute atomic E-state index is 0.0678. The van der Waals surface area contributed by atoms with Crippen LogP contribution in [-0.4, -0.2) is 38.1 Å². The van der Waals surface area contributed by atoms with Crippen LogP contribution in [0.2, 0.25) is 5.02 Å². The zero-order valence-electron chi connectivity index (χ0n) is 12.7. The molecule has 5 nitrogen and oxygen atoms in total. The number of ether oxygens (including phenoxy) is 1. The molecule has 1 amide bonds. The van der Waals surface area contributed by atoms with Crippen molar-refractivity contribution < 1.29 is 19.2 Å². The highest BCUT2D eigenvalue weighted by atomic mass is 35.5. The number of hydrogen-bond acceptors (Lipinski definition) is 3. The van der Waals surface area contributed by atoms with E-state index in [-0.39, 0.29) is 17.8 Å². The average Bonchev–Trinajstić information content (AvgIpc) is 2.47. The molecule has 1 heterocycles. The summed E-state index contributed by atoms with van der Waals surface area (Å²) in [5, 5.41) is 3.43. The maximum Gasteiger partial charge on any atom is 0.314 e. The predicted octanol–water partition coefficient (Wildman–Crippen LogP) is 1.14. The number of hydrogen-bond donors (Lipinski definition) is 2. The first-order valence-corrected chi connectivity index (χ1v) is 8.02. The molecule has 2 atom stereocenters. The van der Waals surface area contributed by atoms with Gasteiger partial charge < -0.3 is 15.0 Å². The zero-order chi connectivity index (χ0) is 15.9. The van der Waals surface area contributed by atoms with E-state index in [2.05, 4.69) is 5.32 Å². The summed E-state index contributed by atoms with van der Waals surface area (Å²) in [6.45, 7) is 4.12. The number of benzene rings is 1. The van der Waals surface area contributed by atoms with E-state index in [0.29, 0.717) is 30.4 Å². The molecule has 22 heavy (non-hydrogen) atoms. The topological polar surface area (TPSA) is 59.8 Å². The van der Waals surface area contributed by atoms with Gasteiger partial charge in [-0.15, -0.1) is 0 Å². The van der Waals surface area contributed by atoms with Crippen LogP contribution in [-0.2, 0) is 14.3 Å². The number of carbonyl (C=O) groups is 2. The maximum absolute atomic E-state index is 12.1. The van der Waals surface area contributed by atoms with Gasteiger partial charge in [-0.3, -0.25) is 9.59 Å². The lowest BCUT2D eigenvalue weighted by Crippen LogP contribution is -3.14. The lowest BCUT2D eigenvalue weighted by Gasteiger charge is -2.28. The van der Waals surface area contributed by atoms with Crippen molar-refractivity contribution >= 4 is 29.2 Å². The van der Waals surface area contributed by atoms with Crippen LogP contribution in [0, 0.1) is 5.92 Å². The van der Waals surface area contributed by atoms with Crippen LogP contribution in [0.25, 0.3) is 0 Å². The molecule has 2 rings (SSSR count). The summed E-state index contributed by atoms with van der Waals surface area (Å²) in [5.41, 5.74) is 0.691. The monoisotopic (exact) mass is 325 g/mol. The summed E-state index contributed by atoms with van der Waals surface area (Å²) in [4.78, 5) is 25.0. The summed E-state index contributed by atoms with van der Waals surface area (Å²) < 4.78 is 5.08. The summed E-state index contributed by atoms with van der Waals surface area (Å²) in [6.07, 6.45) is 1.78. The van der Waals surface area contributed by atoms with Crippen molar-refractivity contribution in [2.45, 2.75) is 19.8 Å². The molecule has 1 unspecified atom stereocenters. The second-order valence-corrected chi connectivity index (χ2v) is 5.97. The normalized spacial score (nSPS) is 21.2. The first-order chi connectivity index (χ1) is 10.6. The summed E-state index contributed by atoms with van der Waals surface area (Å²) >= 11 is 5.90. The molecule has 0 aliphatic carbocycles. The van der Waals surface area contributed by atoms with Gasteiger partial charge in [-0.1, -0.05) is 17.7 Å². The first-order valence-electron chi connectivity index (χ1n) is 7.64. The van der Waals surface area contributed by atoms with Crippen LogP contribution in [0.4, 0.5) is 5.69 Å². The second kappa shape index (κ2) is 8.15. The molecule has 0 spiro atoms. The largest absolute Gasteiger partial charge is 0.466 e. The van der Waals surface area contributed by atoms with Gasteiger partial charge in [0.15, 0.2) is 6.54 Å². The number of quaternary nitrogens is 1. The number of piperidine rings is 1. The van der Waals surface area contributed by atoms with Gasteiger partial charge in [0.25, 0.3) is 5.91 Å². The van der Waals surface area contributed by atoms with Gasteiger partial charge in [-0.2, -0.15) is 0 Å². The molecule has 1 fully saturated rings. The highest BCUT2D eigenvalue weighted by Gasteiger charge is 2.30. The Hall–Kier alpha value is -1.59. The third kappa shape index (κ3) is 5.00. The molecule has 0 bridgehead atoms. The molecule has 0 aromatic heterocycles. The smallest absolute Gasteiger partial charge is 0.314 e. The minimum Gasteiger partial charge on any atom is -0.466 e. The SMILES string of the molecule is CCOC(=O)[C@@H]1CCC[NH+](CC(=O)Nc2cccc(Cl)c2)C1. The fraction of sp³-hybridized carbons (Fsp3) is 0.500. The number of esters is 1. The van der Waals surface area contributed by atoms with Gasteiger partial charge in [0.2, 0.25) is 0 Å². The molecule has 120 valence electrons. The number of anilines is 1. The highest BCUT2D eigenvalue weighted by molar-refractivity contribution is 6.30. The van der Waals surface area contributed by atoms with Gasteiger partial charge in [0.1, 0.15) is 5.92 Å². The maximum atomic E-state index is 12.1. The van der Waals surface area contributed by atoms with Crippen molar-refractivity contribution in [3.05, 3.63) is 29.3 Å². The van der Waals surface area contributed by atoms with Crippen molar-refractivity contribution in [2.75, 3.05) is 31.6 Å². The van der Waals surface area contributed by atoms with Gasteiger partial charge in [-0.25, -0.2) is 0 Å². The van der Waals surface area contributed by atoms with Gasteiger partial charge >= 0.3 is 5.97 Å². The van der Waals surface area contributed by atoms with E-state index in [4.69, 9.17) is 16.3 Å². The summed E-state index contributed by atoms with van der Waals surface area (Å²) in [5.74, 6) is -0.306. The van der Waals surface area contributed by atoms with E-state index in [0.717, 1.165) is 24.3 Å². The Morgan fingerprint density at radius 2 is 2.27 bits per heavy atom. The third-order valence-corrected chi connectivity index (χ3v) is 3.99. The first kappa shape index (κ1) is 16.8. The predicted molar refractivity (Wildman–Crippen MR) is 85.0 cm³/mol. The van der Waals surface area contributed by atoms with E-state index in [9.17, 15) is 9.59 Å². The number of nitrogens with one attached hydrogen (secondary N) is 2.